The van der Waals surface area contributed by atoms with Gasteiger partial charge >= 0.3 is 0 Å². The SMILES string of the molecule is COC1CCCC1NC(=O)c1sccc1C#CCN. The third-order valence-corrected chi connectivity index (χ3v) is 4.18. The van der Waals surface area contributed by atoms with E-state index in [2.05, 4.69) is 17.2 Å². The monoisotopic (exact) mass is 278 g/mol. The molecule has 0 radical (unpaired) electrons. The molecule has 1 aromatic rings. The molecule has 1 amide bonds. The second-order valence-corrected chi connectivity index (χ2v) is 5.37. The van der Waals surface area contributed by atoms with Crippen LogP contribution in [0.1, 0.15) is 34.5 Å². The van der Waals surface area contributed by atoms with Gasteiger partial charge in [-0.25, -0.2) is 0 Å². The van der Waals surface area contributed by atoms with E-state index in [-0.39, 0.29) is 18.1 Å². The van der Waals surface area contributed by atoms with Crippen LogP contribution in [0, 0.1) is 11.8 Å². The van der Waals surface area contributed by atoms with Gasteiger partial charge in [0.15, 0.2) is 0 Å². The molecule has 1 saturated carbocycles. The largest absolute Gasteiger partial charge is 0.379 e. The molecule has 19 heavy (non-hydrogen) atoms. The van der Waals surface area contributed by atoms with Gasteiger partial charge < -0.3 is 15.8 Å². The van der Waals surface area contributed by atoms with Gasteiger partial charge in [0.1, 0.15) is 4.88 Å². The Morgan fingerprint density at radius 1 is 1.63 bits per heavy atom. The number of rotatable bonds is 3. The summed E-state index contributed by atoms with van der Waals surface area (Å²) in [6, 6.07) is 1.96. The summed E-state index contributed by atoms with van der Waals surface area (Å²) in [4.78, 5) is 12.9. The number of hydrogen-bond donors (Lipinski definition) is 2. The lowest BCUT2D eigenvalue weighted by Gasteiger charge is -2.19. The van der Waals surface area contributed by atoms with Crippen LogP contribution >= 0.6 is 11.3 Å². The molecule has 1 aromatic heterocycles. The van der Waals surface area contributed by atoms with Gasteiger partial charge in [0.25, 0.3) is 5.91 Å². The third kappa shape index (κ3) is 3.35. The minimum absolute atomic E-state index is 0.0646. The molecule has 2 atom stereocenters. The minimum Gasteiger partial charge on any atom is -0.379 e. The molecule has 0 saturated heterocycles. The molecule has 1 aliphatic rings. The second kappa shape index (κ2) is 6.71. The maximum absolute atomic E-state index is 12.3. The van der Waals surface area contributed by atoms with E-state index in [1.807, 2.05) is 11.4 Å². The Morgan fingerprint density at radius 3 is 3.21 bits per heavy atom. The number of carbonyl (C=O) groups is 1. The zero-order valence-corrected chi connectivity index (χ0v) is 11.8. The standard InChI is InChI=1S/C14H18N2O2S/c1-18-12-6-2-5-11(12)16-14(17)13-10(4-3-8-15)7-9-19-13/h7,9,11-12H,2,5-6,8,15H2,1H3,(H,16,17). The predicted molar refractivity (Wildman–Crippen MR) is 76.2 cm³/mol. The summed E-state index contributed by atoms with van der Waals surface area (Å²) in [5.41, 5.74) is 6.10. The van der Waals surface area contributed by atoms with Crippen molar-refractivity contribution in [1.29, 1.82) is 0 Å². The van der Waals surface area contributed by atoms with Gasteiger partial charge in [-0.05, 0) is 30.7 Å². The molecule has 5 heteroatoms. The Kier molecular flexibility index (Phi) is 4.97. The van der Waals surface area contributed by atoms with Gasteiger partial charge in [-0.2, -0.15) is 0 Å². The highest BCUT2D eigenvalue weighted by molar-refractivity contribution is 7.12. The van der Waals surface area contributed by atoms with E-state index in [0.717, 1.165) is 24.8 Å². The van der Waals surface area contributed by atoms with Crippen molar-refractivity contribution in [2.24, 2.45) is 5.73 Å². The molecule has 1 fully saturated rings. The van der Waals surface area contributed by atoms with Crippen molar-refractivity contribution < 1.29 is 9.53 Å². The van der Waals surface area contributed by atoms with Gasteiger partial charge in [-0.3, -0.25) is 4.79 Å². The van der Waals surface area contributed by atoms with E-state index in [0.29, 0.717) is 11.4 Å². The van der Waals surface area contributed by atoms with Crippen LogP contribution in [0.2, 0.25) is 0 Å². The van der Waals surface area contributed by atoms with Crippen molar-refractivity contribution >= 4 is 17.2 Å². The van der Waals surface area contributed by atoms with Gasteiger partial charge in [0.05, 0.1) is 18.7 Å². The average Bonchev–Trinajstić information content (AvgIpc) is 3.04. The highest BCUT2D eigenvalue weighted by Crippen LogP contribution is 2.23. The lowest BCUT2D eigenvalue weighted by molar-refractivity contribution is 0.0724. The molecule has 0 spiro atoms. The number of hydrogen-bond acceptors (Lipinski definition) is 4. The number of methoxy groups -OCH3 is 1. The van der Waals surface area contributed by atoms with E-state index >= 15 is 0 Å². The maximum Gasteiger partial charge on any atom is 0.262 e. The van der Waals surface area contributed by atoms with Crippen LogP contribution in [0.5, 0.6) is 0 Å². The first-order valence-corrected chi connectivity index (χ1v) is 7.24. The molecular weight excluding hydrogens is 260 g/mol. The Balaban J connectivity index is 2.06. The van der Waals surface area contributed by atoms with Crippen LogP contribution in [0.4, 0.5) is 0 Å². The van der Waals surface area contributed by atoms with Crippen molar-refractivity contribution in [3.8, 4) is 11.8 Å². The summed E-state index contributed by atoms with van der Waals surface area (Å²) in [5, 5.41) is 4.92. The summed E-state index contributed by atoms with van der Waals surface area (Å²) in [5.74, 6) is 5.64. The molecule has 0 aliphatic heterocycles. The Hall–Kier alpha value is -1.35. The third-order valence-electron chi connectivity index (χ3n) is 3.27. The van der Waals surface area contributed by atoms with Crippen LogP contribution in [0.3, 0.4) is 0 Å². The van der Waals surface area contributed by atoms with Crippen molar-refractivity contribution in [3.63, 3.8) is 0 Å². The Bertz CT molecular complexity index is 501. The van der Waals surface area contributed by atoms with Crippen LogP contribution in [0.15, 0.2) is 11.4 Å². The lowest BCUT2D eigenvalue weighted by atomic mass is 10.2. The molecule has 0 aromatic carbocycles. The number of amides is 1. The lowest BCUT2D eigenvalue weighted by Crippen LogP contribution is -2.40. The summed E-state index contributed by atoms with van der Waals surface area (Å²) in [6.45, 7) is 0.297. The van der Waals surface area contributed by atoms with Crippen molar-refractivity contribution in [2.45, 2.75) is 31.4 Å². The number of ether oxygens (including phenoxy) is 1. The molecular formula is C14H18N2O2S. The zero-order chi connectivity index (χ0) is 13.7. The molecule has 4 nitrogen and oxygen atoms in total. The molecule has 1 aliphatic carbocycles. The van der Waals surface area contributed by atoms with E-state index in [4.69, 9.17) is 10.5 Å². The minimum atomic E-state index is -0.0646. The van der Waals surface area contributed by atoms with Gasteiger partial charge in [0.2, 0.25) is 0 Å². The second-order valence-electron chi connectivity index (χ2n) is 4.45. The predicted octanol–water partition coefficient (Wildman–Crippen LogP) is 1.36. The Labute approximate surface area is 117 Å². The first-order chi connectivity index (χ1) is 9.26. The Morgan fingerprint density at radius 2 is 2.47 bits per heavy atom. The average molecular weight is 278 g/mol. The highest BCUT2D eigenvalue weighted by atomic mass is 32.1. The number of nitrogens with one attached hydrogen (secondary N) is 1. The quantitative estimate of drug-likeness (QED) is 0.820. The molecule has 2 rings (SSSR count). The fourth-order valence-corrected chi connectivity index (χ4v) is 3.09. The fraction of sp³-hybridized carbons (Fsp3) is 0.500. The van der Waals surface area contributed by atoms with Crippen LogP contribution in [0.25, 0.3) is 0 Å². The van der Waals surface area contributed by atoms with Crippen LogP contribution < -0.4 is 11.1 Å². The maximum atomic E-state index is 12.3. The zero-order valence-electron chi connectivity index (χ0n) is 10.9. The van der Waals surface area contributed by atoms with E-state index in [1.165, 1.54) is 11.3 Å². The normalized spacial score (nSPS) is 21.8. The van der Waals surface area contributed by atoms with E-state index in [1.54, 1.807) is 7.11 Å². The summed E-state index contributed by atoms with van der Waals surface area (Å²) < 4.78 is 5.38. The first kappa shape index (κ1) is 14.1. The number of thiophene rings is 1. The molecule has 2 unspecified atom stereocenters. The van der Waals surface area contributed by atoms with Gasteiger partial charge in [-0.15, -0.1) is 11.3 Å². The van der Waals surface area contributed by atoms with Gasteiger partial charge in [0, 0.05) is 12.7 Å². The molecule has 102 valence electrons. The van der Waals surface area contributed by atoms with E-state index in [9.17, 15) is 4.79 Å². The van der Waals surface area contributed by atoms with Crippen molar-refractivity contribution in [2.75, 3.05) is 13.7 Å². The van der Waals surface area contributed by atoms with Gasteiger partial charge in [-0.1, -0.05) is 11.8 Å². The fourth-order valence-electron chi connectivity index (χ4n) is 2.34. The number of carbonyl (C=O) groups excluding carboxylic acids is 1. The van der Waals surface area contributed by atoms with Crippen molar-refractivity contribution in [3.05, 3.63) is 21.9 Å². The summed E-state index contributed by atoms with van der Waals surface area (Å²) >= 11 is 1.40. The van der Waals surface area contributed by atoms with Crippen LogP contribution in [-0.2, 0) is 4.74 Å². The summed E-state index contributed by atoms with van der Waals surface area (Å²) in [6.07, 6.45) is 3.20. The van der Waals surface area contributed by atoms with E-state index < -0.39 is 0 Å². The topological polar surface area (TPSA) is 64.3 Å². The number of nitrogens with two attached hydrogens (primary N) is 1. The highest BCUT2D eigenvalue weighted by Gasteiger charge is 2.29. The molecule has 1 heterocycles. The molecule has 0 bridgehead atoms. The van der Waals surface area contributed by atoms with Crippen molar-refractivity contribution in [1.82, 2.24) is 5.32 Å². The van der Waals surface area contributed by atoms with Crippen LogP contribution in [-0.4, -0.2) is 31.7 Å². The molecule has 3 N–H and O–H groups in total. The smallest absolute Gasteiger partial charge is 0.262 e. The summed E-state index contributed by atoms with van der Waals surface area (Å²) in [7, 11) is 1.69. The first-order valence-electron chi connectivity index (χ1n) is 6.36.